The van der Waals surface area contributed by atoms with E-state index < -0.39 is 0 Å². The highest BCUT2D eigenvalue weighted by Crippen LogP contribution is 2.39. The van der Waals surface area contributed by atoms with Crippen LogP contribution in [0.25, 0.3) is 0 Å². The Morgan fingerprint density at radius 1 is 1.33 bits per heavy atom. The minimum absolute atomic E-state index is 0.195. The maximum atomic E-state index is 6.08. The van der Waals surface area contributed by atoms with E-state index in [0.29, 0.717) is 5.92 Å². The molecule has 3 atom stereocenters. The average molecular weight is 247 g/mol. The van der Waals surface area contributed by atoms with Crippen LogP contribution in [-0.2, 0) is 0 Å². The van der Waals surface area contributed by atoms with Crippen molar-refractivity contribution in [1.29, 1.82) is 0 Å². The van der Waals surface area contributed by atoms with Gasteiger partial charge in [0.05, 0.1) is 6.04 Å². The quantitative estimate of drug-likeness (QED) is 0.435. The van der Waals surface area contributed by atoms with Gasteiger partial charge < -0.3 is 5.73 Å². The number of benzene rings is 1. The molecule has 0 amide bonds. The largest absolute Gasteiger partial charge is 0.398 e. The molecule has 100 valence electrons. The van der Waals surface area contributed by atoms with E-state index in [9.17, 15) is 0 Å². The molecule has 1 fully saturated rings. The van der Waals surface area contributed by atoms with Crippen molar-refractivity contribution in [3.05, 3.63) is 29.8 Å². The summed E-state index contributed by atoms with van der Waals surface area (Å²) in [6.45, 7) is 2.29. The molecule has 0 saturated heterocycles. The lowest BCUT2D eigenvalue weighted by Gasteiger charge is -2.34. The first-order valence-corrected chi connectivity index (χ1v) is 7.06. The van der Waals surface area contributed by atoms with Crippen LogP contribution in [-0.4, -0.2) is 0 Å². The van der Waals surface area contributed by atoms with Gasteiger partial charge in [-0.15, -0.1) is 0 Å². The molecule has 1 aliphatic rings. The zero-order valence-electron chi connectivity index (χ0n) is 11.2. The molecule has 2 rings (SSSR count). The highest BCUT2D eigenvalue weighted by atomic mass is 15.2. The first-order valence-electron chi connectivity index (χ1n) is 7.06. The number of nitrogens with two attached hydrogens (primary N) is 2. The van der Waals surface area contributed by atoms with E-state index in [0.717, 1.165) is 17.2 Å². The monoisotopic (exact) mass is 247 g/mol. The summed E-state index contributed by atoms with van der Waals surface area (Å²) in [5, 5.41) is 0. The van der Waals surface area contributed by atoms with Crippen LogP contribution in [0.2, 0.25) is 0 Å². The van der Waals surface area contributed by atoms with Crippen molar-refractivity contribution < 1.29 is 0 Å². The summed E-state index contributed by atoms with van der Waals surface area (Å²) in [5.41, 5.74) is 11.1. The lowest BCUT2D eigenvalue weighted by Crippen LogP contribution is -2.36. The van der Waals surface area contributed by atoms with E-state index in [1.54, 1.807) is 0 Å². The summed E-state index contributed by atoms with van der Waals surface area (Å²) in [6, 6.07) is 8.26. The normalized spacial score (nSPS) is 25.9. The van der Waals surface area contributed by atoms with E-state index >= 15 is 0 Å². The van der Waals surface area contributed by atoms with E-state index in [2.05, 4.69) is 18.4 Å². The topological polar surface area (TPSA) is 64.1 Å². The summed E-state index contributed by atoms with van der Waals surface area (Å²) in [6.07, 6.45) is 6.47. The van der Waals surface area contributed by atoms with Crippen molar-refractivity contribution in [2.24, 2.45) is 17.7 Å². The molecule has 18 heavy (non-hydrogen) atoms. The highest BCUT2D eigenvalue weighted by molar-refractivity contribution is 5.48. The van der Waals surface area contributed by atoms with Gasteiger partial charge in [-0.1, -0.05) is 44.4 Å². The molecule has 3 nitrogen and oxygen atoms in total. The summed E-state index contributed by atoms with van der Waals surface area (Å²) >= 11 is 0. The van der Waals surface area contributed by atoms with Crippen molar-refractivity contribution in [3.63, 3.8) is 0 Å². The summed E-state index contributed by atoms with van der Waals surface area (Å²) in [7, 11) is 0. The molecule has 3 unspecified atom stereocenters. The molecule has 0 spiro atoms. The van der Waals surface area contributed by atoms with Crippen molar-refractivity contribution in [2.45, 2.75) is 45.1 Å². The number of hydrazine groups is 1. The van der Waals surface area contributed by atoms with Gasteiger partial charge in [-0.25, -0.2) is 0 Å². The minimum Gasteiger partial charge on any atom is -0.398 e. The zero-order chi connectivity index (χ0) is 13.0. The molecule has 0 aliphatic heterocycles. The van der Waals surface area contributed by atoms with Crippen molar-refractivity contribution in [3.8, 4) is 0 Å². The molecule has 1 aliphatic carbocycles. The Labute approximate surface area is 110 Å². The Bertz CT molecular complexity index is 378. The van der Waals surface area contributed by atoms with E-state index in [-0.39, 0.29) is 6.04 Å². The molecule has 0 aromatic heterocycles. The van der Waals surface area contributed by atoms with Gasteiger partial charge in [0, 0.05) is 5.69 Å². The Hall–Kier alpha value is -1.06. The maximum Gasteiger partial charge on any atom is 0.0508 e. The number of nitrogens with one attached hydrogen (secondary N) is 1. The van der Waals surface area contributed by atoms with Gasteiger partial charge in [0.2, 0.25) is 0 Å². The lowest BCUT2D eigenvalue weighted by atomic mass is 9.75. The van der Waals surface area contributed by atoms with Crippen LogP contribution in [0.1, 0.15) is 50.6 Å². The third kappa shape index (κ3) is 2.85. The van der Waals surface area contributed by atoms with Crippen molar-refractivity contribution in [2.75, 3.05) is 5.73 Å². The van der Waals surface area contributed by atoms with E-state index in [1.807, 2.05) is 18.2 Å². The van der Waals surface area contributed by atoms with E-state index in [4.69, 9.17) is 11.6 Å². The fraction of sp³-hybridized carbons (Fsp3) is 0.600. The number of rotatable bonds is 4. The SMILES string of the molecule is CCC1CCCC(C(NN)c2ccccc2N)C1. The summed E-state index contributed by atoms with van der Waals surface area (Å²) in [4.78, 5) is 0. The van der Waals surface area contributed by atoms with Gasteiger partial charge in [-0.05, 0) is 36.3 Å². The molecule has 1 aromatic rings. The predicted octanol–water partition coefficient (Wildman–Crippen LogP) is 2.99. The van der Waals surface area contributed by atoms with Crippen LogP contribution >= 0.6 is 0 Å². The van der Waals surface area contributed by atoms with Crippen molar-refractivity contribution >= 4 is 5.69 Å². The van der Waals surface area contributed by atoms with Crippen LogP contribution in [0.5, 0.6) is 0 Å². The van der Waals surface area contributed by atoms with Gasteiger partial charge in [0.25, 0.3) is 0 Å². The maximum absolute atomic E-state index is 6.08. The first-order chi connectivity index (χ1) is 8.76. The number of hydrogen-bond acceptors (Lipinski definition) is 3. The van der Waals surface area contributed by atoms with Gasteiger partial charge in [0.15, 0.2) is 0 Å². The Morgan fingerprint density at radius 3 is 2.78 bits per heavy atom. The smallest absolute Gasteiger partial charge is 0.0508 e. The van der Waals surface area contributed by atoms with E-state index in [1.165, 1.54) is 32.1 Å². The minimum atomic E-state index is 0.195. The second-order valence-corrected chi connectivity index (χ2v) is 5.47. The van der Waals surface area contributed by atoms with Crippen LogP contribution in [0.4, 0.5) is 5.69 Å². The van der Waals surface area contributed by atoms with Crippen LogP contribution in [0, 0.1) is 11.8 Å². The van der Waals surface area contributed by atoms with Gasteiger partial charge in [-0.2, -0.15) is 0 Å². The molecule has 5 N–H and O–H groups in total. The average Bonchev–Trinajstić information content (AvgIpc) is 2.42. The van der Waals surface area contributed by atoms with Gasteiger partial charge in [0.1, 0.15) is 0 Å². The Balaban J connectivity index is 2.15. The standard InChI is InChI=1S/C15H25N3/c1-2-11-6-5-7-12(10-11)15(18-17)13-8-3-4-9-14(13)16/h3-4,8-9,11-12,15,18H,2,5-7,10,16-17H2,1H3. The molecule has 3 heteroatoms. The Kier molecular flexibility index (Phi) is 4.61. The molecular weight excluding hydrogens is 222 g/mol. The highest BCUT2D eigenvalue weighted by Gasteiger charge is 2.28. The lowest BCUT2D eigenvalue weighted by molar-refractivity contribution is 0.210. The molecule has 1 aromatic carbocycles. The molecular formula is C15H25N3. The van der Waals surface area contributed by atoms with Gasteiger partial charge >= 0.3 is 0 Å². The number of nitrogen functional groups attached to an aromatic ring is 1. The third-order valence-electron chi connectivity index (χ3n) is 4.38. The summed E-state index contributed by atoms with van der Waals surface area (Å²) < 4.78 is 0. The van der Waals surface area contributed by atoms with Crippen LogP contribution in [0.3, 0.4) is 0 Å². The Morgan fingerprint density at radius 2 is 2.11 bits per heavy atom. The fourth-order valence-electron chi connectivity index (χ4n) is 3.28. The van der Waals surface area contributed by atoms with Crippen molar-refractivity contribution in [1.82, 2.24) is 5.43 Å². The molecule has 0 radical (unpaired) electrons. The second-order valence-electron chi connectivity index (χ2n) is 5.47. The fourth-order valence-corrected chi connectivity index (χ4v) is 3.28. The molecule has 0 heterocycles. The first kappa shape index (κ1) is 13.4. The third-order valence-corrected chi connectivity index (χ3v) is 4.38. The number of para-hydroxylation sites is 1. The van der Waals surface area contributed by atoms with Crippen LogP contribution in [0.15, 0.2) is 24.3 Å². The van der Waals surface area contributed by atoms with Gasteiger partial charge in [-0.3, -0.25) is 11.3 Å². The second kappa shape index (κ2) is 6.21. The number of hydrogen-bond donors (Lipinski definition) is 3. The predicted molar refractivity (Wildman–Crippen MR) is 76.7 cm³/mol. The zero-order valence-corrected chi connectivity index (χ0v) is 11.2. The number of anilines is 1. The summed E-state index contributed by atoms with van der Waals surface area (Å²) in [5.74, 6) is 7.25. The molecule has 1 saturated carbocycles. The molecule has 0 bridgehead atoms. The van der Waals surface area contributed by atoms with Crippen LogP contribution < -0.4 is 17.0 Å².